The van der Waals surface area contributed by atoms with Crippen LogP contribution < -0.4 is 5.73 Å². The lowest BCUT2D eigenvalue weighted by atomic mass is 9.79. The van der Waals surface area contributed by atoms with E-state index in [-0.39, 0.29) is 12.1 Å². The number of carbonyl (C=O) groups is 1. The van der Waals surface area contributed by atoms with Crippen molar-refractivity contribution in [3.63, 3.8) is 0 Å². The second-order valence-electron chi connectivity index (χ2n) is 5.80. The Balaban J connectivity index is 2.47. The second-order valence-corrected chi connectivity index (χ2v) is 5.80. The third-order valence-electron chi connectivity index (χ3n) is 3.87. The largest absolute Gasteiger partial charge is 0.468 e. The molecule has 0 aromatic rings. The molecule has 1 rings (SSSR count). The zero-order valence-electron chi connectivity index (χ0n) is 12.6. The van der Waals surface area contributed by atoms with E-state index < -0.39 is 5.54 Å². The first kappa shape index (κ1) is 16.4. The van der Waals surface area contributed by atoms with Crippen molar-refractivity contribution in [2.45, 2.75) is 57.2 Å². The summed E-state index contributed by atoms with van der Waals surface area (Å²) in [5, 5.41) is 0. The Labute approximate surface area is 116 Å². The molecule has 19 heavy (non-hydrogen) atoms. The van der Waals surface area contributed by atoms with Gasteiger partial charge in [-0.2, -0.15) is 0 Å². The molecule has 2 atom stereocenters. The van der Waals surface area contributed by atoms with Gasteiger partial charge in [-0.25, -0.2) is 0 Å². The van der Waals surface area contributed by atoms with Crippen LogP contribution in [0.25, 0.3) is 0 Å². The summed E-state index contributed by atoms with van der Waals surface area (Å²) in [6.45, 7) is 5.63. The molecule has 0 amide bonds. The maximum Gasteiger partial charge on any atom is 0.325 e. The summed E-state index contributed by atoms with van der Waals surface area (Å²) in [5.41, 5.74) is 5.37. The van der Waals surface area contributed by atoms with Gasteiger partial charge in [0.05, 0.1) is 19.8 Å². The molecule has 0 heterocycles. The number of hydrogen-bond donors (Lipinski definition) is 1. The van der Waals surface area contributed by atoms with E-state index in [1.807, 2.05) is 13.8 Å². The molecule has 0 aromatic heterocycles. The maximum absolute atomic E-state index is 11.8. The SMILES string of the molecule is COC(=O)C1(N)CCCC(N(C)CCOC(C)C)C1. The highest BCUT2D eigenvalue weighted by Crippen LogP contribution is 2.29. The Morgan fingerprint density at radius 2 is 2.21 bits per heavy atom. The number of esters is 1. The Hall–Kier alpha value is -0.650. The van der Waals surface area contributed by atoms with E-state index >= 15 is 0 Å². The van der Waals surface area contributed by atoms with E-state index in [2.05, 4.69) is 11.9 Å². The van der Waals surface area contributed by atoms with Gasteiger partial charge in [0.25, 0.3) is 0 Å². The number of rotatable bonds is 6. The van der Waals surface area contributed by atoms with Crippen molar-refractivity contribution in [1.29, 1.82) is 0 Å². The molecular formula is C14H28N2O3. The number of nitrogens with zero attached hydrogens (tertiary/aromatic N) is 1. The zero-order chi connectivity index (χ0) is 14.5. The average Bonchev–Trinajstić information content (AvgIpc) is 2.37. The molecule has 0 spiro atoms. The van der Waals surface area contributed by atoms with E-state index in [1.165, 1.54) is 7.11 Å². The molecule has 5 nitrogen and oxygen atoms in total. The maximum atomic E-state index is 11.8. The molecule has 0 bridgehead atoms. The van der Waals surface area contributed by atoms with Gasteiger partial charge in [0.2, 0.25) is 0 Å². The smallest absolute Gasteiger partial charge is 0.325 e. The first-order chi connectivity index (χ1) is 8.89. The molecule has 0 saturated heterocycles. The molecule has 1 aliphatic carbocycles. The molecule has 0 aliphatic heterocycles. The van der Waals surface area contributed by atoms with Crippen LogP contribution in [0, 0.1) is 0 Å². The van der Waals surface area contributed by atoms with Gasteiger partial charge in [-0.3, -0.25) is 4.79 Å². The standard InChI is InChI=1S/C14H28N2O3/c1-11(2)19-9-8-16(3)12-6-5-7-14(15,10-12)13(17)18-4/h11-12H,5-10,15H2,1-4H3. The summed E-state index contributed by atoms with van der Waals surface area (Å²) in [6, 6.07) is 0.327. The second kappa shape index (κ2) is 7.22. The third kappa shape index (κ3) is 4.75. The Morgan fingerprint density at radius 3 is 2.79 bits per heavy atom. The first-order valence-electron chi connectivity index (χ1n) is 7.08. The molecular weight excluding hydrogens is 244 g/mol. The van der Waals surface area contributed by atoms with Gasteiger partial charge in [-0.1, -0.05) is 0 Å². The van der Waals surface area contributed by atoms with Crippen LogP contribution in [0.4, 0.5) is 0 Å². The normalized spacial score (nSPS) is 27.8. The summed E-state index contributed by atoms with van der Waals surface area (Å²) in [4.78, 5) is 14.0. The number of nitrogens with two attached hydrogens (primary N) is 1. The molecule has 2 N–H and O–H groups in total. The average molecular weight is 272 g/mol. The van der Waals surface area contributed by atoms with Crippen molar-refractivity contribution in [3.8, 4) is 0 Å². The Kier molecular flexibility index (Phi) is 6.23. The van der Waals surface area contributed by atoms with Gasteiger partial charge >= 0.3 is 5.97 Å². The molecule has 5 heteroatoms. The van der Waals surface area contributed by atoms with Crippen molar-refractivity contribution in [1.82, 2.24) is 4.90 Å². The monoisotopic (exact) mass is 272 g/mol. The highest BCUT2D eigenvalue weighted by Gasteiger charge is 2.41. The van der Waals surface area contributed by atoms with Crippen LogP contribution >= 0.6 is 0 Å². The number of likely N-dealkylation sites (N-methyl/N-ethyl adjacent to an activating group) is 1. The van der Waals surface area contributed by atoms with Gasteiger partial charge in [0.15, 0.2) is 0 Å². The van der Waals surface area contributed by atoms with Crippen molar-refractivity contribution in [3.05, 3.63) is 0 Å². The quantitative estimate of drug-likeness (QED) is 0.735. The minimum absolute atomic E-state index is 0.253. The van der Waals surface area contributed by atoms with Crippen LogP contribution in [-0.2, 0) is 14.3 Å². The molecule has 2 unspecified atom stereocenters. The number of methoxy groups -OCH3 is 1. The van der Waals surface area contributed by atoms with Gasteiger partial charge < -0.3 is 20.1 Å². The highest BCUT2D eigenvalue weighted by atomic mass is 16.5. The number of ether oxygens (including phenoxy) is 2. The van der Waals surface area contributed by atoms with Gasteiger partial charge in [-0.15, -0.1) is 0 Å². The van der Waals surface area contributed by atoms with Crippen molar-refractivity contribution >= 4 is 5.97 Å². The predicted octanol–water partition coefficient (Wildman–Crippen LogP) is 1.16. The minimum Gasteiger partial charge on any atom is -0.468 e. The molecule has 1 fully saturated rings. The van der Waals surface area contributed by atoms with Gasteiger partial charge in [0, 0.05) is 12.6 Å². The minimum atomic E-state index is -0.815. The van der Waals surface area contributed by atoms with E-state index in [0.717, 1.165) is 19.4 Å². The van der Waals surface area contributed by atoms with Gasteiger partial charge in [-0.05, 0) is 46.6 Å². The fraction of sp³-hybridized carbons (Fsp3) is 0.929. The van der Waals surface area contributed by atoms with Crippen molar-refractivity contribution in [2.24, 2.45) is 5.73 Å². The first-order valence-corrected chi connectivity index (χ1v) is 7.08. The van der Waals surface area contributed by atoms with E-state index in [0.29, 0.717) is 25.5 Å². The molecule has 1 saturated carbocycles. The Bertz CT molecular complexity index is 296. The summed E-state index contributed by atoms with van der Waals surface area (Å²) < 4.78 is 10.4. The molecule has 0 radical (unpaired) electrons. The summed E-state index contributed by atoms with van der Waals surface area (Å²) in [7, 11) is 3.47. The molecule has 1 aliphatic rings. The van der Waals surface area contributed by atoms with Gasteiger partial charge in [0.1, 0.15) is 5.54 Å². The van der Waals surface area contributed by atoms with Crippen LogP contribution in [-0.4, -0.2) is 55.9 Å². The Morgan fingerprint density at radius 1 is 1.53 bits per heavy atom. The van der Waals surface area contributed by atoms with E-state index in [4.69, 9.17) is 15.2 Å². The third-order valence-corrected chi connectivity index (χ3v) is 3.87. The van der Waals surface area contributed by atoms with Crippen molar-refractivity contribution < 1.29 is 14.3 Å². The molecule has 0 aromatic carbocycles. The fourth-order valence-electron chi connectivity index (χ4n) is 2.66. The molecule has 112 valence electrons. The van der Waals surface area contributed by atoms with Crippen molar-refractivity contribution in [2.75, 3.05) is 27.3 Å². The fourth-order valence-corrected chi connectivity index (χ4v) is 2.66. The lowest BCUT2D eigenvalue weighted by molar-refractivity contribution is -0.149. The highest BCUT2D eigenvalue weighted by molar-refractivity contribution is 5.80. The zero-order valence-corrected chi connectivity index (χ0v) is 12.6. The predicted molar refractivity (Wildman–Crippen MR) is 74.9 cm³/mol. The van der Waals surface area contributed by atoms with E-state index in [1.54, 1.807) is 0 Å². The van der Waals surface area contributed by atoms with Crippen LogP contribution in [0.3, 0.4) is 0 Å². The van der Waals surface area contributed by atoms with Crippen LogP contribution in [0.2, 0.25) is 0 Å². The topological polar surface area (TPSA) is 64.8 Å². The summed E-state index contributed by atoms with van der Waals surface area (Å²) in [6.07, 6.45) is 3.67. The van der Waals surface area contributed by atoms with Crippen LogP contribution in [0.1, 0.15) is 39.5 Å². The lowest BCUT2D eigenvalue weighted by Gasteiger charge is -2.39. The van der Waals surface area contributed by atoms with Crippen LogP contribution in [0.5, 0.6) is 0 Å². The lowest BCUT2D eigenvalue weighted by Crippen LogP contribution is -2.56. The van der Waals surface area contributed by atoms with Crippen LogP contribution in [0.15, 0.2) is 0 Å². The summed E-state index contributed by atoms with van der Waals surface area (Å²) in [5.74, 6) is -0.288. The number of hydrogen-bond acceptors (Lipinski definition) is 5. The van der Waals surface area contributed by atoms with E-state index in [9.17, 15) is 4.79 Å². The number of carbonyl (C=O) groups excluding carboxylic acids is 1. The summed E-state index contributed by atoms with van der Waals surface area (Å²) >= 11 is 0.